The van der Waals surface area contributed by atoms with Crippen molar-refractivity contribution in [2.24, 2.45) is 0 Å². The average molecular weight is 486 g/mol. The second-order valence-electron chi connectivity index (χ2n) is 8.18. The predicted molar refractivity (Wildman–Crippen MR) is 127 cm³/mol. The highest BCUT2D eigenvalue weighted by Gasteiger charge is 2.28. The van der Waals surface area contributed by atoms with Gasteiger partial charge >= 0.3 is 11.9 Å². The van der Waals surface area contributed by atoms with Crippen LogP contribution in [0.25, 0.3) is 11.1 Å². The zero-order valence-corrected chi connectivity index (χ0v) is 20.2. The molecule has 10 heteroatoms. The summed E-state index contributed by atoms with van der Waals surface area (Å²) in [6, 6.07) is 7.76. The van der Waals surface area contributed by atoms with Gasteiger partial charge in [0.2, 0.25) is 5.91 Å². The zero-order chi connectivity index (χ0) is 24.2. The predicted octanol–water partition coefficient (Wildman–Crippen LogP) is 3.98. The maximum atomic E-state index is 12.6. The second-order valence-corrected chi connectivity index (χ2v) is 9.20. The lowest BCUT2D eigenvalue weighted by molar-refractivity contribution is -0.116. The summed E-state index contributed by atoms with van der Waals surface area (Å²) >= 11 is 1.01. The fourth-order valence-corrected chi connectivity index (χ4v) is 5.28. The molecule has 1 amide bonds. The molecule has 1 N–H and O–H groups in total. The summed E-state index contributed by atoms with van der Waals surface area (Å²) in [5.74, 6) is -0.353. The van der Waals surface area contributed by atoms with E-state index in [1.165, 1.54) is 14.2 Å². The van der Waals surface area contributed by atoms with Crippen LogP contribution < -0.4 is 5.32 Å². The van der Waals surface area contributed by atoms with Crippen LogP contribution in [0.3, 0.4) is 0 Å². The lowest BCUT2D eigenvalue weighted by Gasteiger charge is -2.30. The summed E-state index contributed by atoms with van der Waals surface area (Å²) in [6.45, 7) is 3.91. The first-order valence-electron chi connectivity index (χ1n) is 11.1. The molecule has 0 radical (unpaired) electrons. The van der Waals surface area contributed by atoms with Crippen LogP contribution in [0.4, 0.5) is 5.00 Å². The monoisotopic (exact) mass is 485 g/mol. The number of nitrogens with one attached hydrogen (secondary N) is 1. The van der Waals surface area contributed by atoms with E-state index >= 15 is 0 Å². The molecule has 1 saturated heterocycles. The van der Waals surface area contributed by atoms with Gasteiger partial charge in [-0.15, -0.1) is 11.3 Å². The highest BCUT2D eigenvalue weighted by molar-refractivity contribution is 7.18. The van der Waals surface area contributed by atoms with Crippen molar-refractivity contribution in [3.05, 3.63) is 46.2 Å². The number of fused-ring (bicyclic) bond motifs is 1. The van der Waals surface area contributed by atoms with E-state index < -0.39 is 11.9 Å². The minimum Gasteiger partial charge on any atom is -0.465 e. The molecule has 1 fully saturated rings. The van der Waals surface area contributed by atoms with Gasteiger partial charge in [-0.2, -0.15) is 0 Å². The van der Waals surface area contributed by atoms with E-state index in [2.05, 4.69) is 15.2 Å². The lowest BCUT2D eigenvalue weighted by Crippen LogP contribution is -2.35. The molecule has 3 aromatic rings. The number of ether oxygens (including phenoxy) is 2. The number of carbonyl (C=O) groups excluding carboxylic acids is 3. The summed E-state index contributed by atoms with van der Waals surface area (Å²) in [7, 11) is 2.53. The Morgan fingerprint density at radius 3 is 2.53 bits per heavy atom. The molecule has 1 aliphatic rings. The number of methoxy groups -OCH3 is 2. The number of hydrogen-bond donors (Lipinski definition) is 1. The van der Waals surface area contributed by atoms with Crippen LogP contribution >= 0.6 is 11.3 Å². The van der Waals surface area contributed by atoms with Crippen LogP contribution in [0.2, 0.25) is 0 Å². The Labute approximate surface area is 201 Å². The van der Waals surface area contributed by atoms with Crippen molar-refractivity contribution in [3.63, 3.8) is 0 Å². The lowest BCUT2D eigenvalue weighted by atomic mass is 9.96. The molecule has 9 nitrogen and oxygen atoms in total. The third kappa shape index (κ3) is 4.97. The molecule has 0 aliphatic carbocycles. The summed E-state index contributed by atoms with van der Waals surface area (Å²) in [5.41, 5.74) is 2.30. The van der Waals surface area contributed by atoms with Gasteiger partial charge in [-0.25, -0.2) is 14.6 Å². The number of nitrogens with zero attached hydrogens (tertiary/aromatic N) is 2. The van der Waals surface area contributed by atoms with E-state index in [9.17, 15) is 14.4 Å². The number of amides is 1. The van der Waals surface area contributed by atoms with Crippen molar-refractivity contribution < 1.29 is 28.3 Å². The summed E-state index contributed by atoms with van der Waals surface area (Å²) in [5, 5.41) is 3.07. The molecular formula is C24H27N3O6S. The third-order valence-electron chi connectivity index (χ3n) is 6.06. The smallest absolute Gasteiger partial charge is 0.348 e. The van der Waals surface area contributed by atoms with Crippen LogP contribution in [0.5, 0.6) is 0 Å². The average Bonchev–Trinajstić information content (AvgIpc) is 3.43. The van der Waals surface area contributed by atoms with Crippen LogP contribution in [0, 0.1) is 6.92 Å². The number of thiophene rings is 1. The fourth-order valence-electron chi connectivity index (χ4n) is 4.15. The van der Waals surface area contributed by atoms with Crippen LogP contribution in [0.15, 0.2) is 28.7 Å². The Kier molecular flexibility index (Phi) is 7.28. The van der Waals surface area contributed by atoms with E-state index in [-0.39, 0.29) is 28.7 Å². The van der Waals surface area contributed by atoms with Gasteiger partial charge in [-0.3, -0.25) is 4.79 Å². The van der Waals surface area contributed by atoms with Gasteiger partial charge in [-0.1, -0.05) is 12.1 Å². The standard InChI is InChI=1S/C24H27N3O6S/c1-14-19(23(29)31-2)22(34-20(14)24(30)32-3)26-18(28)10-13-27-11-8-15(9-12-27)21-25-16-6-4-5-7-17(16)33-21/h4-7,15H,8-13H2,1-3H3,(H,26,28). The molecule has 0 saturated carbocycles. The number of carbonyl (C=O) groups is 3. The van der Waals surface area contributed by atoms with Gasteiger partial charge in [0.15, 0.2) is 11.5 Å². The van der Waals surface area contributed by atoms with E-state index in [4.69, 9.17) is 13.9 Å². The number of piperidine rings is 1. The molecule has 0 spiro atoms. The molecule has 34 heavy (non-hydrogen) atoms. The topological polar surface area (TPSA) is 111 Å². The Bertz CT molecular complexity index is 1180. The number of aromatic nitrogens is 1. The van der Waals surface area contributed by atoms with Gasteiger partial charge in [0.1, 0.15) is 15.4 Å². The number of para-hydroxylation sites is 2. The number of esters is 2. The first-order valence-corrected chi connectivity index (χ1v) is 11.9. The minimum absolute atomic E-state index is 0.181. The first-order chi connectivity index (χ1) is 16.4. The van der Waals surface area contributed by atoms with Crippen molar-refractivity contribution in [3.8, 4) is 0 Å². The fraction of sp³-hybridized carbons (Fsp3) is 0.417. The number of likely N-dealkylation sites (tertiary alicyclic amines) is 1. The maximum Gasteiger partial charge on any atom is 0.348 e. The Morgan fingerprint density at radius 1 is 1.15 bits per heavy atom. The van der Waals surface area contributed by atoms with Gasteiger partial charge in [-0.05, 0) is 50.6 Å². The molecule has 2 aromatic heterocycles. The second kappa shape index (κ2) is 10.4. The molecule has 180 valence electrons. The highest BCUT2D eigenvalue weighted by Crippen LogP contribution is 2.34. The van der Waals surface area contributed by atoms with Gasteiger partial charge in [0.25, 0.3) is 0 Å². The number of benzene rings is 1. The Hall–Kier alpha value is -3.24. The van der Waals surface area contributed by atoms with E-state index in [0.717, 1.165) is 54.3 Å². The molecule has 0 unspecified atom stereocenters. The molecular weight excluding hydrogens is 458 g/mol. The van der Waals surface area contributed by atoms with E-state index in [1.807, 2.05) is 24.3 Å². The third-order valence-corrected chi connectivity index (χ3v) is 7.25. The maximum absolute atomic E-state index is 12.6. The molecule has 1 aromatic carbocycles. The Morgan fingerprint density at radius 2 is 1.85 bits per heavy atom. The van der Waals surface area contributed by atoms with E-state index in [1.54, 1.807) is 6.92 Å². The SMILES string of the molecule is COC(=O)c1sc(NC(=O)CCN2CCC(c3nc4ccccc4o3)CC2)c(C(=O)OC)c1C. The number of oxazole rings is 1. The van der Waals surface area contributed by atoms with Gasteiger partial charge in [0.05, 0.1) is 19.8 Å². The van der Waals surface area contributed by atoms with Gasteiger partial charge in [0, 0.05) is 18.9 Å². The minimum atomic E-state index is -0.611. The van der Waals surface area contributed by atoms with Crippen LogP contribution in [-0.4, -0.2) is 61.6 Å². The van der Waals surface area contributed by atoms with Crippen molar-refractivity contribution in [1.29, 1.82) is 0 Å². The summed E-state index contributed by atoms with van der Waals surface area (Å²) in [4.78, 5) is 44.0. The summed E-state index contributed by atoms with van der Waals surface area (Å²) in [6.07, 6.45) is 2.08. The Balaban J connectivity index is 1.32. The number of anilines is 1. The number of hydrogen-bond acceptors (Lipinski definition) is 9. The van der Waals surface area contributed by atoms with Crippen molar-refractivity contribution >= 4 is 45.3 Å². The quantitative estimate of drug-likeness (QED) is 0.500. The molecule has 0 bridgehead atoms. The van der Waals surface area contributed by atoms with Crippen LogP contribution in [-0.2, 0) is 14.3 Å². The molecule has 3 heterocycles. The first kappa shape index (κ1) is 23.9. The largest absolute Gasteiger partial charge is 0.465 e. The molecule has 4 rings (SSSR count). The van der Waals surface area contributed by atoms with Crippen molar-refractivity contribution in [2.75, 3.05) is 39.2 Å². The van der Waals surface area contributed by atoms with Crippen molar-refractivity contribution in [2.45, 2.75) is 32.1 Å². The van der Waals surface area contributed by atoms with Crippen LogP contribution in [0.1, 0.15) is 56.7 Å². The zero-order valence-electron chi connectivity index (χ0n) is 19.4. The number of rotatable bonds is 7. The van der Waals surface area contributed by atoms with Gasteiger partial charge < -0.3 is 24.1 Å². The summed E-state index contributed by atoms with van der Waals surface area (Å²) < 4.78 is 15.5. The molecule has 1 aliphatic heterocycles. The normalized spacial score (nSPS) is 14.8. The molecule has 0 atom stereocenters. The van der Waals surface area contributed by atoms with E-state index in [0.29, 0.717) is 17.1 Å². The van der Waals surface area contributed by atoms with Crippen molar-refractivity contribution in [1.82, 2.24) is 9.88 Å². The highest BCUT2D eigenvalue weighted by atomic mass is 32.1.